The summed E-state index contributed by atoms with van der Waals surface area (Å²) in [5.41, 5.74) is 0.551. The molecule has 0 amide bonds. The van der Waals surface area contributed by atoms with Gasteiger partial charge in [-0.05, 0) is 49.3 Å². The number of halogens is 1. The zero-order valence-corrected chi connectivity index (χ0v) is 16.3. The van der Waals surface area contributed by atoms with Gasteiger partial charge in [-0.15, -0.1) is 0 Å². The van der Waals surface area contributed by atoms with E-state index in [0.29, 0.717) is 5.92 Å². The Hall–Kier alpha value is -1.87. The predicted molar refractivity (Wildman–Crippen MR) is 104 cm³/mol. The number of hydrogen-bond donors (Lipinski definition) is 1. The molecular formula is C20H24FN2O4S-. The van der Waals surface area contributed by atoms with Crippen LogP contribution in [0.25, 0.3) is 0 Å². The lowest BCUT2D eigenvalue weighted by atomic mass is 9.83. The van der Waals surface area contributed by atoms with E-state index >= 15 is 0 Å². The van der Waals surface area contributed by atoms with Gasteiger partial charge in [-0.3, -0.25) is 9.00 Å². The molecule has 2 unspecified atom stereocenters. The first-order valence-corrected chi connectivity index (χ1v) is 10.5. The van der Waals surface area contributed by atoms with Crippen molar-refractivity contribution in [2.24, 2.45) is 0 Å². The highest BCUT2D eigenvalue weighted by atomic mass is 32.2. The zero-order valence-electron chi connectivity index (χ0n) is 15.5. The van der Waals surface area contributed by atoms with Gasteiger partial charge in [0.25, 0.3) is 5.56 Å². The Morgan fingerprint density at radius 1 is 1.18 bits per heavy atom. The highest BCUT2D eigenvalue weighted by Crippen LogP contribution is 2.34. The number of pyridine rings is 1. The van der Waals surface area contributed by atoms with E-state index in [1.807, 2.05) is 18.2 Å². The van der Waals surface area contributed by atoms with Crippen molar-refractivity contribution in [3.63, 3.8) is 0 Å². The van der Waals surface area contributed by atoms with Gasteiger partial charge in [0, 0.05) is 24.0 Å². The first-order chi connectivity index (χ1) is 13.5. The highest BCUT2D eigenvalue weighted by molar-refractivity contribution is 7.77. The summed E-state index contributed by atoms with van der Waals surface area (Å²) >= 11 is -2.47. The number of benzene rings is 1. The third-order valence-electron chi connectivity index (χ3n) is 5.23. The molecule has 0 radical (unpaired) electrons. The molecule has 1 aliphatic rings. The van der Waals surface area contributed by atoms with Crippen molar-refractivity contribution in [1.82, 2.24) is 9.29 Å². The largest absolute Gasteiger partial charge is 0.760 e. The van der Waals surface area contributed by atoms with Crippen LogP contribution in [0.15, 0.2) is 53.5 Å². The smallest absolute Gasteiger partial charge is 0.286 e. The van der Waals surface area contributed by atoms with Crippen LogP contribution < -0.4 is 10.3 Å². The van der Waals surface area contributed by atoms with Gasteiger partial charge in [0.2, 0.25) is 0 Å². The fourth-order valence-corrected chi connectivity index (χ4v) is 4.04. The lowest BCUT2D eigenvalue weighted by Gasteiger charge is -2.30. The number of aromatic nitrogens is 1. The van der Waals surface area contributed by atoms with Crippen molar-refractivity contribution in [3.05, 3.63) is 70.4 Å². The van der Waals surface area contributed by atoms with Crippen LogP contribution in [0.5, 0.6) is 0 Å². The van der Waals surface area contributed by atoms with Crippen LogP contribution >= 0.6 is 0 Å². The van der Waals surface area contributed by atoms with Gasteiger partial charge < -0.3 is 13.9 Å². The van der Waals surface area contributed by atoms with Crippen LogP contribution in [0.3, 0.4) is 0 Å². The van der Waals surface area contributed by atoms with Gasteiger partial charge in [0.1, 0.15) is 0 Å². The molecule has 1 fully saturated rings. The summed E-state index contributed by atoms with van der Waals surface area (Å²) in [6.07, 6.45) is 5.31. The molecule has 1 heterocycles. The Morgan fingerprint density at radius 3 is 2.57 bits per heavy atom. The second-order valence-electron chi connectivity index (χ2n) is 7.02. The maximum absolute atomic E-state index is 13.6. The first kappa shape index (κ1) is 20.9. The van der Waals surface area contributed by atoms with Crippen molar-refractivity contribution in [1.29, 1.82) is 0 Å². The molecule has 2 aromatic rings. The maximum atomic E-state index is 13.6. The van der Waals surface area contributed by atoms with E-state index in [9.17, 15) is 17.9 Å². The maximum Gasteiger partial charge on any atom is 0.286 e. The minimum Gasteiger partial charge on any atom is -0.760 e. The summed E-state index contributed by atoms with van der Waals surface area (Å²) in [5, 5.41) is 0. The van der Waals surface area contributed by atoms with E-state index in [-0.39, 0.29) is 19.3 Å². The molecule has 8 heteroatoms. The molecule has 1 aromatic heterocycles. The number of nitrogens with one attached hydrogen (secondary N) is 1. The minimum atomic E-state index is -2.47. The van der Waals surface area contributed by atoms with Crippen LogP contribution in [0.1, 0.15) is 43.2 Å². The van der Waals surface area contributed by atoms with Gasteiger partial charge in [-0.1, -0.05) is 30.3 Å². The van der Waals surface area contributed by atoms with Gasteiger partial charge in [-0.2, -0.15) is 0 Å². The Balaban J connectivity index is 1.59. The summed E-state index contributed by atoms with van der Waals surface area (Å²) in [7, 11) is 0. The lowest BCUT2D eigenvalue weighted by Crippen LogP contribution is -2.37. The van der Waals surface area contributed by atoms with Crippen molar-refractivity contribution in [3.8, 4) is 0 Å². The molecule has 1 saturated carbocycles. The summed E-state index contributed by atoms with van der Waals surface area (Å²) in [5.74, 6) is -0.355. The van der Waals surface area contributed by atoms with E-state index in [4.69, 9.17) is 4.74 Å². The van der Waals surface area contributed by atoms with Gasteiger partial charge >= 0.3 is 0 Å². The number of nitrogens with zero attached hydrogens (tertiary/aromatic N) is 1. The average Bonchev–Trinajstić information content (AvgIpc) is 2.71. The van der Waals surface area contributed by atoms with E-state index in [1.165, 1.54) is 22.4 Å². The second kappa shape index (κ2) is 10.1. The van der Waals surface area contributed by atoms with Crippen molar-refractivity contribution >= 4 is 11.3 Å². The van der Waals surface area contributed by atoms with E-state index in [0.717, 1.165) is 31.7 Å². The van der Waals surface area contributed by atoms with E-state index in [2.05, 4.69) is 16.9 Å². The molecule has 1 aromatic carbocycles. The summed E-state index contributed by atoms with van der Waals surface area (Å²) in [6, 6.07) is 12.3. The second-order valence-corrected chi connectivity index (χ2v) is 7.78. The molecule has 28 heavy (non-hydrogen) atoms. The molecule has 1 aliphatic carbocycles. The molecular weight excluding hydrogens is 383 g/mol. The molecule has 0 aliphatic heterocycles. The minimum absolute atomic E-state index is 0.0428. The molecule has 152 valence electrons. The van der Waals surface area contributed by atoms with Gasteiger partial charge in [0.05, 0.1) is 18.8 Å². The molecule has 3 rings (SSSR count). The van der Waals surface area contributed by atoms with E-state index < -0.39 is 28.7 Å². The van der Waals surface area contributed by atoms with Crippen LogP contribution in [0, 0.1) is 5.82 Å². The average molecular weight is 407 g/mol. The van der Waals surface area contributed by atoms with Crippen molar-refractivity contribution in [2.45, 2.75) is 43.7 Å². The molecule has 1 N–H and O–H groups in total. The number of hydrogen-bond acceptors (Lipinski definition) is 4. The van der Waals surface area contributed by atoms with Gasteiger partial charge in [0.15, 0.2) is 5.82 Å². The summed E-state index contributed by atoms with van der Waals surface area (Å²) < 4.78 is 44.8. The molecule has 2 atom stereocenters. The molecule has 0 saturated heterocycles. The fourth-order valence-electron chi connectivity index (χ4n) is 3.71. The molecule has 0 spiro atoms. The fraction of sp³-hybridized carbons (Fsp3) is 0.450. The summed E-state index contributed by atoms with van der Waals surface area (Å²) in [4.78, 5) is 12.1. The third-order valence-corrected chi connectivity index (χ3v) is 5.63. The van der Waals surface area contributed by atoms with Crippen LogP contribution in [0.4, 0.5) is 4.39 Å². The summed E-state index contributed by atoms with van der Waals surface area (Å²) in [6.45, 7) is 0.0903. The monoisotopic (exact) mass is 407 g/mol. The lowest BCUT2D eigenvalue weighted by molar-refractivity contribution is 0.00720. The SMILES string of the molecule is O=c1c(F)cccn1C(CNS(=O)[O-])COC1CCC(c2ccccc2)CC1. The Morgan fingerprint density at radius 2 is 1.89 bits per heavy atom. The normalized spacial score (nSPS) is 21.9. The predicted octanol–water partition coefficient (Wildman–Crippen LogP) is 2.66. The molecule has 6 nitrogen and oxygen atoms in total. The first-order valence-electron chi connectivity index (χ1n) is 9.40. The van der Waals surface area contributed by atoms with E-state index in [1.54, 1.807) is 0 Å². The topological polar surface area (TPSA) is 83.4 Å². The standard InChI is InChI=1S/C20H25FN2O4S/c21-19-7-4-12-23(20(19)24)17(13-22-28(25)26)14-27-18-10-8-16(9-11-18)15-5-2-1-3-6-15/h1-7,12,16-18,22H,8-11,13-14H2,(H,25,26)/p-1. The molecule has 0 bridgehead atoms. The quantitative estimate of drug-likeness (QED) is 0.682. The highest BCUT2D eigenvalue weighted by Gasteiger charge is 2.24. The van der Waals surface area contributed by atoms with Crippen LogP contribution in [0.2, 0.25) is 0 Å². The number of ether oxygens (including phenoxy) is 1. The zero-order chi connectivity index (χ0) is 19.9. The van der Waals surface area contributed by atoms with Crippen LogP contribution in [-0.2, 0) is 16.0 Å². The third kappa shape index (κ3) is 5.57. The van der Waals surface area contributed by atoms with Crippen molar-refractivity contribution < 1.29 is 17.9 Å². The van der Waals surface area contributed by atoms with Crippen LogP contribution in [-0.4, -0.2) is 32.6 Å². The Bertz CT molecular complexity index is 838. The Kier molecular flexibility index (Phi) is 7.50. The van der Waals surface area contributed by atoms with Crippen molar-refractivity contribution in [2.75, 3.05) is 13.2 Å². The Labute approximate surface area is 166 Å². The van der Waals surface area contributed by atoms with Gasteiger partial charge in [-0.25, -0.2) is 9.11 Å². The number of rotatable bonds is 8.